The van der Waals surface area contributed by atoms with Gasteiger partial charge in [-0.25, -0.2) is 0 Å². The number of nitrogens with one attached hydrogen (secondary N) is 2. The van der Waals surface area contributed by atoms with E-state index < -0.39 is 0 Å². The highest BCUT2D eigenvalue weighted by molar-refractivity contribution is 5.95. The van der Waals surface area contributed by atoms with Crippen LogP contribution in [0.3, 0.4) is 0 Å². The molecule has 1 heterocycles. The summed E-state index contributed by atoms with van der Waals surface area (Å²) < 4.78 is 5.47. The first-order valence-corrected chi connectivity index (χ1v) is 10.4. The van der Waals surface area contributed by atoms with Gasteiger partial charge in [-0.15, -0.1) is 0 Å². The maximum absolute atomic E-state index is 12.7. The van der Waals surface area contributed by atoms with Crippen LogP contribution >= 0.6 is 0 Å². The van der Waals surface area contributed by atoms with E-state index in [1.807, 2.05) is 47.4 Å². The molecule has 0 saturated carbocycles. The van der Waals surface area contributed by atoms with Gasteiger partial charge in [-0.05, 0) is 49.2 Å². The smallest absolute Gasteiger partial charge is 0.253 e. The Morgan fingerprint density at radius 2 is 1.73 bits per heavy atom. The lowest BCUT2D eigenvalue weighted by molar-refractivity contribution is -0.114. The lowest BCUT2D eigenvalue weighted by atomic mass is 10.1. The predicted octanol–water partition coefficient (Wildman–Crippen LogP) is 4.32. The Morgan fingerprint density at radius 1 is 1.00 bits per heavy atom. The fourth-order valence-corrected chi connectivity index (χ4v) is 3.39. The second kappa shape index (κ2) is 11.0. The van der Waals surface area contributed by atoms with Crippen molar-refractivity contribution in [2.75, 3.05) is 36.9 Å². The number of benzene rings is 2. The van der Waals surface area contributed by atoms with Crippen molar-refractivity contribution in [3.63, 3.8) is 0 Å². The van der Waals surface area contributed by atoms with Gasteiger partial charge in [0.2, 0.25) is 5.91 Å². The first kappa shape index (κ1) is 21.4. The molecule has 6 nitrogen and oxygen atoms in total. The zero-order chi connectivity index (χ0) is 21.2. The van der Waals surface area contributed by atoms with Gasteiger partial charge in [0.15, 0.2) is 0 Å². The molecule has 3 rings (SSSR count). The Kier molecular flexibility index (Phi) is 7.89. The first-order valence-electron chi connectivity index (χ1n) is 10.4. The van der Waals surface area contributed by atoms with E-state index >= 15 is 0 Å². The van der Waals surface area contributed by atoms with E-state index in [-0.39, 0.29) is 18.4 Å². The van der Waals surface area contributed by atoms with Crippen LogP contribution in [0.5, 0.6) is 5.75 Å². The van der Waals surface area contributed by atoms with Crippen molar-refractivity contribution in [1.82, 2.24) is 4.90 Å². The van der Waals surface area contributed by atoms with Crippen LogP contribution in [0.25, 0.3) is 0 Å². The molecule has 0 bridgehead atoms. The second-order valence-corrected chi connectivity index (χ2v) is 7.31. The average Bonchev–Trinajstić information content (AvgIpc) is 3.06. The SMILES string of the molecule is C=CCOc1cccc(NC(=O)CNc2ccc(C(=O)N3CCCCCC3)cc2)c1. The second-order valence-electron chi connectivity index (χ2n) is 7.31. The number of amides is 2. The highest BCUT2D eigenvalue weighted by atomic mass is 16.5. The summed E-state index contributed by atoms with van der Waals surface area (Å²) in [5, 5.41) is 5.93. The molecule has 0 aliphatic carbocycles. The zero-order valence-corrected chi connectivity index (χ0v) is 17.2. The topological polar surface area (TPSA) is 70.7 Å². The van der Waals surface area contributed by atoms with Gasteiger partial charge in [0, 0.05) is 36.1 Å². The van der Waals surface area contributed by atoms with Gasteiger partial charge in [0.25, 0.3) is 5.91 Å². The number of ether oxygens (including phenoxy) is 1. The van der Waals surface area contributed by atoms with Gasteiger partial charge in [-0.3, -0.25) is 9.59 Å². The Bertz CT molecular complexity index is 856. The van der Waals surface area contributed by atoms with Crippen LogP contribution in [0.2, 0.25) is 0 Å². The molecule has 1 saturated heterocycles. The van der Waals surface area contributed by atoms with Crippen molar-refractivity contribution >= 4 is 23.2 Å². The van der Waals surface area contributed by atoms with Gasteiger partial charge in [-0.2, -0.15) is 0 Å². The minimum atomic E-state index is -0.166. The number of carbonyl (C=O) groups excluding carboxylic acids is 2. The number of anilines is 2. The minimum absolute atomic E-state index is 0.0831. The molecule has 6 heteroatoms. The van der Waals surface area contributed by atoms with Crippen molar-refractivity contribution in [2.45, 2.75) is 25.7 Å². The lowest BCUT2D eigenvalue weighted by Gasteiger charge is -2.20. The molecule has 1 aliphatic rings. The summed E-state index contributed by atoms with van der Waals surface area (Å²) >= 11 is 0. The molecule has 0 unspecified atom stereocenters. The summed E-state index contributed by atoms with van der Waals surface area (Å²) in [6.07, 6.45) is 6.21. The molecular weight excluding hydrogens is 378 g/mol. The van der Waals surface area contributed by atoms with Crippen LogP contribution < -0.4 is 15.4 Å². The monoisotopic (exact) mass is 407 g/mol. The average molecular weight is 408 g/mol. The third kappa shape index (κ3) is 6.37. The highest BCUT2D eigenvalue weighted by Crippen LogP contribution is 2.18. The van der Waals surface area contributed by atoms with E-state index in [1.54, 1.807) is 12.1 Å². The van der Waals surface area contributed by atoms with Crippen LogP contribution in [0.4, 0.5) is 11.4 Å². The van der Waals surface area contributed by atoms with Crippen molar-refractivity contribution in [3.05, 3.63) is 66.7 Å². The number of hydrogen-bond acceptors (Lipinski definition) is 4. The van der Waals surface area contributed by atoms with Crippen LogP contribution in [0.15, 0.2) is 61.2 Å². The van der Waals surface area contributed by atoms with E-state index in [0.29, 0.717) is 23.6 Å². The molecule has 1 aliphatic heterocycles. The summed E-state index contributed by atoms with van der Waals surface area (Å²) in [7, 11) is 0. The molecule has 2 amide bonds. The quantitative estimate of drug-likeness (QED) is 0.640. The fourth-order valence-electron chi connectivity index (χ4n) is 3.39. The van der Waals surface area contributed by atoms with Crippen LogP contribution in [-0.2, 0) is 4.79 Å². The maximum Gasteiger partial charge on any atom is 0.253 e. The molecule has 2 aromatic rings. The van der Waals surface area contributed by atoms with Crippen molar-refractivity contribution in [1.29, 1.82) is 0 Å². The first-order chi connectivity index (χ1) is 14.7. The molecule has 0 aromatic heterocycles. The molecule has 0 radical (unpaired) electrons. The van der Waals surface area contributed by atoms with Gasteiger partial charge in [0.1, 0.15) is 12.4 Å². The lowest BCUT2D eigenvalue weighted by Crippen LogP contribution is -2.31. The Hall–Kier alpha value is -3.28. The minimum Gasteiger partial charge on any atom is -0.489 e. The van der Waals surface area contributed by atoms with E-state index in [0.717, 1.165) is 31.6 Å². The Morgan fingerprint density at radius 3 is 2.43 bits per heavy atom. The summed E-state index contributed by atoms with van der Waals surface area (Å²) in [4.78, 5) is 26.8. The molecule has 0 spiro atoms. The number of rotatable bonds is 8. The summed E-state index contributed by atoms with van der Waals surface area (Å²) in [6.45, 7) is 5.82. The molecule has 2 aromatic carbocycles. The number of hydrogen-bond donors (Lipinski definition) is 2. The van der Waals surface area contributed by atoms with Crippen LogP contribution in [0, 0.1) is 0 Å². The van der Waals surface area contributed by atoms with E-state index in [9.17, 15) is 9.59 Å². The van der Waals surface area contributed by atoms with Gasteiger partial charge in [0.05, 0.1) is 6.54 Å². The van der Waals surface area contributed by atoms with Crippen LogP contribution in [-0.4, -0.2) is 43.0 Å². The summed E-state index contributed by atoms with van der Waals surface area (Å²) in [5.74, 6) is 0.589. The summed E-state index contributed by atoms with van der Waals surface area (Å²) in [6, 6.07) is 14.5. The van der Waals surface area contributed by atoms with E-state index in [1.165, 1.54) is 12.8 Å². The summed E-state index contributed by atoms with van der Waals surface area (Å²) in [5.41, 5.74) is 2.14. The molecule has 1 fully saturated rings. The Labute approximate surface area is 177 Å². The zero-order valence-electron chi connectivity index (χ0n) is 17.2. The number of nitrogens with zero attached hydrogens (tertiary/aromatic N) is 1. The Balaban J connectivity index is 1.49. The van der Waals surface area contributed by atoms with Crippen molar-refractivity contribution < 1.29 is 14.3 Å². The largest absolute Gasteiger partial charge is 0.489 e. The maximum atomic E-state index is 12.7. The third-order valence-electron chi connectivity index (χ3n) is 4.96. The molecular formula is C24H29N3O3. The molecule has 30 heavy (non-hydrogen) atoms. The normalized spacial score (nSPS) is 13.8. The van der Waals surface area contributed by atoms with Crippen LogP contribution in [0.1, 0.15) is 36.0 Å². The van der Waals surface area contributed by atoms with E-state index in [2.05, 4.69) is 17.2 Å². The predicted molar refractivity (Wildman–Crippen MR) is 120 cm³/mol. The van der Waals surface area contributed by atoms with Gasteiger partial charge in [-0.1, -0.05) is 31.6 Å². The highest BCUT2D eigenvalue weighted by Gasteiger charge is 2.17. The fraction of sp³-hybridized carbons (Fsp3) is 0.333. The molecule has 2 N–H and O–H groups in total. The molecule has 158 valence electrons. The van der Waals surface area contributed by atoms with Crippen molar-refractivity contribution in [3.8, 4) is 5.75 Å². The number of carbonyl (C=O) groups is 2. The molecule has 0 atom stereocenters. The van der Waals surface area contributed by atoms with Crippen molar-refractivity contribution in [2.24, 2.45) is 0 Å². The standard InChI is InChI=1S/C24H29N3O3/c1-2-16-30-22-9-7-8-21(17-22)26-23(28)18-25-20-12-10-19(11-13-20)24(29)27-14-5-3-4-6-15-27/h2,7-13,17,25H,1,3-6,14-16,18H2,(H,26,28). The van der Waals surface area contributed by atoms with Gasteiger partial charge < -0.3 is 20.3 Å². The number of likely N-dealkylation sites (tertiary alicyclic amines) is 1. The third-order valence-corrected chi connectivity index (χ3v) is 4.96. The van der Waals surface area contributed by atoms with Gasteiger partial charge >= 0.3 is 0 Å². The van der Waals surface area contributed by atoms with E-state index in [4.69, 9.17) is 4.74 Å².